The maximum atomic E-state index is 10.6. The minimum Gasteiger partial charge on any atom is -0.507 e. The highest BCUT2D eigenvalue weighted by Gasteiger charge is 2.31. The second kappa shape index (κ2) is 8.70. The monoisotopic (exact) mass is 434 g/mol. The third-order valence-corrected chi connectivity index (χ3v) is 6.19. The first-order valence-corrected chi connectivity index (χ1v) is 10.8. The summed E-state index contributed by atoms with van der Waals surface area (Å²) in [7, 11) is 3.73. The molecule has 0 amide bonds. The molecule has 4 rings (SSSR count). The molecule has 3 heterocycles. The molecule has 0 bridgehead atoms. The van der Waals surface area contributed by atoms with Gasteiger partial charge >= 0.3 is 0 Å². The Bertz CT molecular complexity index is 1080. The molecule has 1 N–H and O–H groups in total. The molecule has 2 aromatic heterocycles. The largest absolute Gasteiger partial charge is 0.507 e. The van der Waals surface area contributed by atoms with E-state index in [-0.39, 0.29) is 11.3 Å². The third-order valence-electron chi connectivity index (χ3n) is 6.19. The molecule has 8 nitrogen and oxygen atoms in total. The van der Waals surface area contributed by atoms with E-state index in [0.717, 1.165) is 36.5 Å². The smallest absolute Gasteiger partial charge is 0.233 e. The fourth-order valence-electron chi connectivity index (χ4n) is 3.98. The lowest BCUT2D eigenvalue weighted by Crippen LogP contribution is -2.46. The molecule has 1 aliphatic rings. The Kier molecular flexibility index (Phi) is 5.97. The van der Waals surface area contributed by atoms with E-state index in [2.05, 4.69) is 58.0 Å². The highest BCUT2D eigenvalue weighted by atomic mass is 16.5. The van der Waals surface area contributed by atoms with Crippen LogP contribution >= 0.6 is 0 Å². The SMILES string of the molecule is COc1cc(-c2ccc(-c3ccc(N4CC[C@H](N(C)C(C)(C)C)C4)nn3)c(O)c2)cnn1. The van der Waals surface area contributed by atoms with Gasteiger partial charge in [0.1, 0.15) is 5.75 Å². The van der Waals surface area contributed by atoms with Crippen molar-refractivity contribution in [1.29, 1.82) is 0 Å². The van der Waals surface area contributed by atoms with Crippen molar-refractivity contribution < 1.29 is 9.84 Å². The number of phenolic OH excluding ortho intramolecular Hbond substituents is 1. The van der Waals surface area contributed by atoms with Crippen molar-refractivity contribution in [3.05, 3.63) is 42.6 Å². The highest BCUT2D eigenvalue weighted by Crippen LogP contribution is 2.33. The number of rotatable bonds is 5. The van der Waals surface area contributed by atoms with Crippen LogP contribution in [0.2, 0.25) is 0 Å². The zero-order chi connectivity index (χ0) is 22.9. The highest BCUT2D eigenvalue weighted by molar-refractivity contribution is 5.74. The van der Waals surface area contributed by atoms with Crippen molar-refractivity contribution in [3.8, 4) is 34.0 Å². The van der Waals surface area contributed by atoms with Crippen molar-refractivity contribution in [1.82, 2.24) is 25.3 Å². The van der Waals surface area contributed by atoms with Gasteiger partial charge in [-0.2, -0.15) is 5.10 Å². The van der Waals surface area contributed by atoms with E-state index in [0.29, 0.717) is 23.2 Å². The zero-order valence-corrected chi connectivity index (χ0v) is 19.3. The Morgan fingerprint density at radius 3 is 2.53 bits per heavy atom. The lowest BCUT2D eigenvalue weighted by molar-refractivity contribution is 0.127. The summed E-state index contributed by atoms with van der Waals surface area (Å²) in [5.74, 6) is 1.42. The predicted molar refractivity (Wildman–Crippen MR) is 125 cm³/mol. The van der Waals surface area contributed by atoms with Gasteiger partial charge in [0, 0.05) is 41.9 Å². The normalized spacial score (nSPS) is 16.6. The van der Waals surface area contributed by atoms with E-state index in [4.69, 9.17) is 4.74 Å². The maximum absolute atomic E-state index is 10.6. The number of ether oxygens (including phenoxy) is 1. The number of phenols is 1. The lowest BCUT2D eigenvalue weighted by atomic mass is 10.0. The molecule has 8 heteroatoms. The second-order valence-electron chi connectivity index (χ2n) is 9.17. The third kappa shape index (κ3) is 4.50. The number of likely N-dealkylation sites (N-methyl/N-ethyl adjacent to an activating group) is 1. The number of hydrogen-bond acceptors (Lipinski definition) is 8. The summed E-state index contributed by atoms with van der Waals surface area (Å²) < 4.78 is 5.13. The number of aromatic nitrogens is 4. The fourth-order valence-corrected chi connectivity index (χ4v) is 3.98. The van der Waals surface area contributed by atoms with Crippen LogP contribution < -0.4 is 9.64 Å². The van der Waals surface area contributed by atoms with Crippen LogP contribution in [0.25, 0.3) is 22.4 Å². The van der Waals surface area contributed by atoms with Crippen LogP contribution in [0, 0.1) is 0 Å². The Hall–Kier alpha value is -3.26. The molecular formula is C24H30N6O2. The quantitative estimate of drug-likeness (QED) is 0.651. The van der Waals surface area contributed by atoms with E-state index < -0.39 is 0 Å². The molecule has 1 aromatic carbocycles. The Labute approximate surface area is 188 Å². The van der Waals surface area contributed by atoms with Gasteiger partial charge in [-0.1, -0.05) is 6.07 Å². The van der Waals surface area contributed by atoms with E-state index in [1.165, 1.54) is 0 Å². The van der Waals surface area contributed by atoms with Crippen molar-refractivity contribution in [2.24, 2.45) is 0 Å². The van der Waals surface area contributed by atoms with Gasteiger partial charge in [0.15, 0.2) is 5.82 Å². The van der Waals surface area contributed by atoms with Crippen molar-refractivity contribution in [2.45, 2.75) is 38.8 Å². The molecule has 1 atom stereocenters. The first-order valence-electron chi connectivity index (χ1n) is 10.8. The molecule has 168 valence electrons. The molecule has 0 radical (unpaired) electrons. The summed E-state index contributed by atoms with van der Waals surface area (Å²) in [5, 5.41) is 27.3. The van der Waals surface area contributed by atoms with Gasteiger partial charge in [-0.05, 0) is 64.1 Å². The van der Waals surface area contributed by atoms with Gasteiger partial charge < -0.3 is 14.7 Å². The van der Waals surface area contributed by atoms with Crippen molar-refractivity contribution in [2.75, 3.05) is 32.1 Å². The Morgan fingerprint density at radius 1 is 1.06 bits per heavy atom. The van der Waals surface area contributed by atoms with Crippen molar-refractivity contribution in [3.63, 3.8) is 0 Å². The second-order valence-corrected chi connectivity index (χ2v) is 9.17. The van der Waals surface area contributed by atoms with Crippen LogP contribution in [0.3, 0.4) is 0 Å². The molecule has 0 spiro atoms. The van der Waals surface area contributed by atoms with Crippen LogP contribution in [-0.2, 0) is 0 Å². The zero-order valence-electron chi connectivity index (χ0n) is 19.3. The first-order chi connectivity index (χ1) is 15.3. The van der Waals surface area contributed by atoms with Crippen molar-refractivity contribution >= 4 is 5.82 Å². The average Bonchev–Trinajstić information content (AvgIpc) is 3.28. The van der Waals surface area contributed by atoms with E-state index >= 15 is 0 Å². The van der Waals surface area contributed by atoms with Gasteiger partial charge in [0.25, 0.3) is 0 Å². The van der Waals surface area contributed by atoms with E-state index in [1.54, 1.807) is 25.4 Å². The molecule has 0 unspecified atom stereocenters. The summed E-state index contributed by atoms with van der Waals surface area (Å²) in [6, 6.07) is 11.6. The van der Waals surface area contributed by atoms with E-state index in [1.807, 2.05) is 24.3 Å². The average molecular weight is 435 g/mol. The molecular weight excluding hydrogens is 404 g/mol. The molecule has 1 fully saturated rings. The number of methoxy groups -OCH3 is 1. The summed E-state index contributed by atoms with van der Waals surface area (Å²) in [5.41, 5.74) is 3.02. The van der Waals surface area contributed by atoms with Gasteiger partial charge in [-0.25, -0.2) is 0 Å². The van der Waals surface area contributed by atoms with Crippen LogP contribution in [0.15, 0.2) is 42.6 Å². The molecule has 1 aliphatic heterocycles. The maximum Gasteiger partial charge on any atom is 0.233 e. The lowest BCUT2D eigenvalue weighted by Gasteiger charge is -2.36. The topological polar surface area (TPSA) is 87.5 Å². The minimum absolute atomic E-state index is 0.133. The number of aromatic hydroxyl groups is 1. The molecule has 3 aromatic rings. The number of nitrogens with zero attached hydrogens (tertiary/aromatic N) is 6. The van der Waals surface area contributed by atoms with Gasteiger partial charge in [0.2, 0.25) is 5.88 Å². The number of benzene rings is 1. The summed E-state index contributed by atoms with van der Waals surface area (Å²) in [4.78, 5) is 4.71. The first kappa shape index (κ1) is 22.0. The summed E-state index contributed by atoms with van der Waals surface area (Å²) >= 11 is 0. The number of hydrogen-bond donors (Lipinski definition) is 1. The Morgan fingerprint density at radius 2 is 1.88 bits per heavy atom. The van der Waals surface area contributed by atoms with Crippen LogP contribution in [0.4, 0.5) is 5.82 Å². The van der Waals surface area contributed by atoms with Crippen LogP contribution in [0.1, 0.15) is 27.2 Å². The van der Waals surface area contributed by atoms with E-state index in [9.17, 15) is 5.11 Å². The molecule has 32 heavy (non-hydrogen) atoms. The fraction of sp³-hybridized carbons (Fsp3) is 0.417. The van der Waals surface area contributed by atoms with Gasteiger partial charge in [-0.15, -0.1) is 15.3 Å². The van der Waals surface area contributed by atoms with Crippen LogP contribution in [-0.4, -0.2) is 69.2 Å². The summed E-state index contributed by atoms with van der Waals surface area (Å²) in [6.45, 7) is 8.62. The predicted octanol–water partition coefficient (Wildman–Crippen LogP) is 3.62. The van der Waals surface area contributed by atoms with Gasteiger partial charge in [-0.3, -0.25) is 4.90 Å². The standard InChI is InChI=1S/C24H30N6O2/c1-24(2,3)29(4)18-10-11-30(15-18)22-9-8-20(26-27-22)19-7-6-16(12-21(19)31)17-13-23(32-5)28-25-14-17/h6-9,12-14,18,31H,10-11,15H2,1-5H3/t18-/m0/s1. The van der Waals surface area contributed by atoms with Crippen LogP contribution in [0.5, 0.6) is 11.6 Å². The summed E-state index contributed by atoms with van der Waals surface area (Å²) in [6.07, 6.45) is 2.74. The van der Waals surface area contributed by atoms with Gasteiger partial charge in [0.05, 0.1) is 19.0 Å². The molecule has 1 saturated heterocycles. The minimum atomic E-state index is 0.133. The molecule has 0 aliphatic carbocycles. The number of anilines is 1. The molecule has 0 saturated carbocycles. The Balaban J connectivity index is 1.50.